The summed E-state index contributed by atoms with van der Waals surface area (Å²) in [6, 6.07) is 0.667. The second-order valence-electron chi connectivity index (χ2n) is 7.50. The molecule has 2 rings (SSSR count). The fourth-order valence-electron chi connectivity index (χ4n) is 3.57. The summed E-state index contributed by atoms with van der Waals surface area (Å²) in [4.78, 5) is 2.69. The third-order valence-corrected chi connectivity index (χ3v) is 5.06. The highest BCUT2D eigenvalue weighted by molar-refractivity contribution is 4.84. The number of ether oxygens (including phenoxy) is 1. The van der Waals surface area contributed by atoms with E-state index in [2.05, 4.69) is 31.0 Å². The van der Waals surface area contributed by atoms with Gasteiger partial charge in [0.2, 0.25) is 0 Å². The van der Waals surface area contributed by atoms with Crippen molar-refractivity contribution in [1.29, 1.82) is 0 Å². The van der Waals surface area contributed by atoms with Gasteiger partial charge in [0.25, 0.3) is 0 Å². The zero-order valence-corrected chi connectivity index (χ0v) is 13.8. The van der Waals surface area contributed by atoms with Gasteiger partial charge in [0, 0.05) is 25.1 Å². The lowest BCUT2D eigenvalue weighted by Crippen LogP contribution is -2.48. The van der Waals surface area contributed by atoms with Crippen LogP contribution in [-0.2, 0) is 4.74 Å². The number of nitrogens with zero attached hydrogens (tertiary/aromatic N) is 1. The fourth-order valence-corrected chi connectivity index (χ4v) is 3.57. The highest BCUT2D eigenvalue weighted by atomic mass is 16.5. The molecule has 2 atom stereocenters. The van der Waals surface area contributed by atoms with Gasteiger partial charge in [0.05, 0.1) is 6.61 Å². The van der Waals surface area contributed by atoms with Crippen molar-refractivity contribution in [2.45, 2.75) is 58.9 Å². The Kier molecular flexibility index (Phi) is 6.31. The van der Waals surface area contributed by atoms with E-state index in [-0.39, 0.29) is 0 Å². The van der Waals surface area contributed by atoms with Crippen LogP contribution in [0.15, 0.2) is 0 Å². The first kappa shape index (κ1) is 16.3. The van der Waals surface area contributed by atoms with E-state index in [4.69, 9.17) is 4.74 Å². The minimum Gasteiger partial charge on any atom is -0.381 e. The van der Waals surface area contributed by atoms with Gasteiger partial charge in [-0.25, -0.2) is 0 Å². The Hall–Kier alpha value is -0.120. The van der Waals surface area contributed by atoms with Gasteiger partial charge in [-0.3, -0.25) is 0 Å². The quantitative estimate of drug-likeness (QED) is 0.839. The molecule has 2 aliphatic heterocycles. The number of rotatable bonds is 5. The monoisotopic (exact) mass is 282 g/mol. The van der Waals surface area contributed by atoms with E-state index in [1.807, 2.05) is 0 Å². The largest absolute Gasteiger partial charge is 0.381 e. The average molecular weight is 282 g/mol. The molecule has 118 valence electrons. The maximum atomic E-state index is 5.74. The molecule has 0 aliphatic carbocycles. The molecular weight excluding hydrogens is 248 g/mol. The normalized spacial score (nSPS) is 31.9. The topological polar surface area (TPSA) is 24.5 Å². The summed E-state index contributed by atoms with van der Waals surface area (Å²) in [5, 5.41) is 3.74. The van der Waals surface area contributed by atoms with Crippen LogP contribution in [-0.4, -0.2) is 50.3 Å². The van der Waals surface area contributed by atoms with Crippen LogP contribution in [0, 0.1) is 11.3 Å². The summed E-state index contributed by atoms with van der Waals surface area (Å²) >= 11 is 0. The maximum Gasteiger partial charge on any atom is 0.0521 e. The SMILES string of the molecule is CCCNC1CCOCC1CN1CCCC(C)(C)CC1. The van der Waals surface area contributed by atoms with Crippen molar-refractivity contribution in [3.8, 4) is 0 Å². The molecule has 0 aromatic rings. The molecule has 1 N–H and O–H groups in total. The lowest BCUT2D eigenvalue weighted by atomic mass is 9.85. The van der Waals surface area contributed by atoms with Crippen molar-refractivity contribution < 1.29 is 4.74 Å². The van der Waals surface area contributed by atoms with Crippen LogP contribution in [0.2, 0.25) is 0 Å². The second kappa shape index (κ2) is 7.77. The third-order valence-electron chi connectivity index (χ3n) is 5.06. The van der Waals surface area contributed by atoms with Crippen LogP contribution in [0.3, 0.4) is 0 Å². The van der Waals surface area contributed by atoms with Crippen molar-refractivity contribution in [2.75, 3.05) is 39.4 Å². The Bertz CT molecular complexity index is 280. The molecule has 0 bridgehead atoms. The van der Waals surface area contributed by atoms with Crippen molar-refractivity contribution in [3.05, 3.63) is 0 Å². The zero-order chi connectivity index (χ0) is 14.4. The summed E-state index contributed by atoms with van der Waals surface area (Å²) < 4.78 is 5.74. The predicted molar refractivity (Wildman–Crippen MR) is 85.1 cm³/mol. The first-order chi connectivity index (χ1) is 9.61. The summed E-state index contributed by atoms with van der Waals surface area (Å²) in [5.74, 6) is 0.677. The molecule has 20 heavy (non-hydrogen) atoms. The number of hydrogen-bond acceptors (Lipinski definition) is 3. The van der Waals surface area contributed by atoms with Crippen molar-refractivity contribution in [2.24, 2.45) is 11.3 Å². The summed E-state index contributed by atoms with van der Waals surface area (Å²) in [7, 11) is 0. The molecule has 2 fully saturated rings. The van der Waals surface area contributed by atoms with E-state index in [1.165, 1.54) is 51.7 Å². The molecule has 2 saturated heterocycles. The average Bonchev–Trinajstić information content (AvgIpc) is 2.59. The van der Waals surface area contributed by atoms with Gasteiger partial charge in [-0.2, -0.15) is 0 Å². The lowest BCUT2D eigenvalue weighted by Gasteiger charge is -2.36. The van der Waals surface area contributed by atoms with E-state index in [0.29, 0.717) is 17.4 Å². The minimum atomic E-state index is 0.539. The van der Waals surface area contributed by atoms with Crippen LogP contribution >= 0.6 is 0 Å². The third kappa shape index (κ3) is 5.01. The predicted octanol–water partition coefficient (Wildman–Crippen LogP) is 2.90. The van der Waals surface area contributed by atoms with E-state index < -0.39 is 0 Å². The highest BCUT2D eigenvalue weighted by Crippen LogP contribution is 2.30. The first-order valence-electron chi connectivity index (χ1n) is 8.64. The summed E-state index contributed by atoms with van der Waals surface area (Å²) in [6.07, 6.45) is 6.48. The Balaban J connectivity index is 1.83. The molecular formula is C17H34N2O. The molecule has 3 heteroatoms. The summed E-state index contributed by atoms with van der Waals surface area (Å²) in [5.41, 5.74) is 0.539. The molecule has 0 aromatic heterocycles. The number of nitrogens with one attached hydrogen (secondary N) is 1. The fraction of sp³-hybridized carbons (Fsp3) is 1.00. The summed E-state index contributed by atoms with van der Waals surface area (Å²) in [6.45, 7) is 13.9. The van der Waals surface area contributed by atoms with Crippen LogP contribution in [0.1, 0.15) is 52.9 Å². The van der Waals surface area contributed by atoms with Gasteiger partial charge in [-0.1, -0.05) is 20.8 Å². The van der Waals surface area contributed by atoms with Crippen LogP contribution in [0.4, 0.5) is 0 Å². The Morgan fingerprint density at radius 3 is 2.90 bits per heavy atom. The molecule has 2 unspecified atom stereocenters. The van der Waals surface area contributed by atoms with Crippen LogP contribution < -0.4 is 5.32 Å². The standard InChI is InChI=1S/C17H34N2O/c1-4-9-18-16-6-12-20-14-15(16)13-19-10-5-7-17(2,3)8-11-19/h15-16,18H,4-14H2,1-3H3. The zero-order valence-electron chi connectivity index (χ0n) is 13.8. The van der Waals surface area contributed by atoms with Gasteiger partial charge in [-0.15, -0.1) is 0 Å². The van der Waals surface area contributed by atoms with Gasteiger partial charge < -0.3 is 15.0 Å². The molecule has 3 nitrogen and oxygen atoms in total. The van der Waals surface area contributed by atoms with Crippen molar-refractivity contribution >= 4 is 0 Å². The van der Waals surface area contributed by atoms with Crippen LogP contribution in [0.25, 0.3) is 0 Å². The number of hydrogen-bond donors (Lipinski definition) is 1. The molecule has 2 aliphatic rings. The van der Waals surface area contributed by atoms with Crippen molar-refractivity contribution in [1.82, 2.24) is 10.2 Å². The van der Waals surface area contributed by atoms with Gasteiger partial charge in [0.1, 0.15) is 0 Å². The van der Waals surface area contributed by atoms with Gasteiger partial charge in [0.15, 0.2) is 0 Å². The molecule has 0 aromatic carbocycles. The molecule has 0 saturated carbocycles. The Labute approximate surface area is 125 Å². The van der Waals surface area contributed by atoms with Gasteiger partial charge >= 0.3 is 0 Å². The van der Waals surface area contributed by atoms with E-state index in [0.717, 1.165) is 19.8 Å². The first-order valence-corrected chi connectivity index (χ1v) is 8.64. The molecule has 2 heterocycles. The highest BCUT2D eigenvalue weighted by Gasteiger charge is 2.29. The second-order valence-corrected chi connectivity index (χ2v) is 7.50. The maximum absolute atomic E-state index is 5.74. The van der Waals surface area contributed by atoms with E-state index in [9.17, 15) is 0 Å². The molecule has 0 radical (unpaired) electrons. The lowest BCUT2D eigenvalue weighted by molar-refractivity contribution is 0.0167. The smallest absolute Gasteiger partial charge is 0.0521 e. The molecule has 0 amide bonds. The molecule has 0 spiro atoms. The minimum absolute atomic E-state index is 0.539. The van der Waals surface area contributed by atoms with Crippen LogP contribution in [0.5, 0.6) is 0 Å². The van der Waals surface area contributed by atoms with Gasteiger partial charge in [-0.05, 0) is 57.2 Å². The van der Waals surface area contributed by atoms with E-state index >= 15 is 0 Å². The number of likely N-dealkylation sites (tertiary alicyclic amines) is 1. The Morgan fingerprint density at radius 2 is 2.10 bits per heavy atom. The van der Waals surface area contributed by atoms with Crippen molar-refractivity contribution in [3.63, 3.8) is 0 Å². The van der Waals surface area contributed by atoms with E-state index in [1.54, 1.807) is 0 Å². The Morgan fingerprint density at radius 1 is 1.25 bits per heavy atom.